The van der Waals surface area contributed by atoms with E-state index in [1.165, 1.54) is 0 Å². The van der Waals surface area contributed by atoms with Gasteiger partial charge in [0.1, 0.15) is 0 Å². The minimum absolute atomic E-state index is 0.0298. The maximum Gasteiger partial charge on any atom is 0.240 e. The summed E-state index contributed by atoms with van der Waals surface area (Å²) in [6.45, 7) is 1.57. The topological polar surface area (TPSA) is 37.6 Å². The minimum Gasteiger partial charge on any atom is -0.324 e. The molecule has 1 atom stereocenters. The third-order valence-corrected chi connectivity index (χ3v) is 4.52. The summed E-state index contributed by atoms with van der Waals surface area (Å²) < 4.78 is 2.06. The quantitative estimate of drug-likeness (QED) is 0.710. The van der Waals surface area contributed by atoms with Crippen molar-refractivity contribution in [2.24, 2.45) is 5.10 Å². The lowest BCUT2D eigenvalue weighted by molar-refractivity contribution is -0.130. The highest BCUT2D eigenvalue weighted by atomic mass is 16.2. The van der Waals surface area contributed by atoms with Crippen LogP contribution in [0.5, 0.6) is 0 Å². The Morgan fingerprint density at radius 1 is 0.960 bits per heavy atom. The number of amides is 1. The fourth-order valence-electron chi connectivity index (χ4n) is 3.24. The number of carbonyl (C=O) groups is 1. The lowest BCUT2D eigenvalue weighted by Crippen LogP contribution is -2.24. The Labute approximate surface area is 147 Å². The van der Waals surface area contributed by atoms with Crippen LogP contribution in [-0.4, -0.2) is 21.2 Å². The van der Waals surface area contributed by atoms with Crippen LogP contribution in [0, 0.1) is 0 Å². The van der Waals surface area contributed by atoms with E-state index in [1.807, 2.05) is 54.9 Å². The van der Waals surface area contributed by atoms with Crippen LogP contribution < -0.4 is 0 Å². The van der Waals surface area contributed by atoms with E-state index in [1.54, 1.807) is 11.9 Å². The fourth-order valence-corrected chi connectivity index (χ4v) is 3.24. The molecular weight excluding hydrogens is 310 g/mol. The van der Waals surface area contributed by atoms with Gasteiger partial charge in [0.05, 0.1) is 11.8 Å². The predicted molar refractivity (Wildman–Crippen MR) is 98.6 cm³/mol. The molecule has 2 heterocycles. The molecule has 3 aromatic rings. The number of benzene rings is 2. The van der Waals surface area contributed by atoms with Crippen molar-refractivity contribution < 1.29 is 4.79 Å². The highest BCUT2D eigenvalue weighted by molar-refractivity contribution is 6.03. The lowest BCUT2D eigenvalue weighted by atomic mass is 9.98. The van der Waals surface area contributed by atoms with Gasteiger partial charge < -0.3 is 4.57 Å². The van der Waals surface area contributed by atoms with Crippen molar-refractivity contribution in [2.45, 2.75) is 19.4 Å². The van der Waals surface area contributed by atoms with Crippen molar-refractivity contribution in [1.82, 2.24) is 9.58 Å². The van der Waals surface area contributed by atoms with E-state index >= 15 is 0 Å². The molecule has 4 nitrogen and oxygen atoms in total. The molecule has 1 amide bonds. The normalized spacial score (nSPS) is 16.8. The largest absolute Gasteiger partial charge is 0.324 e. The van der Waals surface area contributed by atoms with Crippen LogP contribution in [0.3, 0.4) is 0 Å². The molecule has 0 radical (unpaired) electrons. The highest BCUT2D eigenvalue weighted by Gasteiger charge is 2.31. The molecule has 0 saturated heterocycles. The van der Waals surface area contributed by atoms with Gasteiger partial charge in [-0.2, -0.15) is 5.10 Å². The van der Waals surface area contributed by atoms with Gasteiger partial charge in [-0.1, -0.05) is 42.5 Å². The van der Waals surface area contributed by atoms with Crippen molar-refractivity contribution in [2.75, 3.05) is 0 Å². The summed E-state index contributed by atoms with van der Waals surface area (Å²) in [6, 6.07) is 22.3. The first kappa shape index (κ1) is 15.4. The van der Waals surface area contributed by atoms with Crippen LogP contribution in [0.15, 0.2) is 84.2 Å². The number of hydrogen-bond acceptors (Lipinski definition) is 2. The third kappa shape index (κ3) is 2.98. The molecule has 2 aromatic carbocycles. The first-order chi connectivity index (χ1) is 12.2. The molecule has 25 heavy (non-hydrogen) atoms. The Balaban J connectivity index is 1.62. The molecule has 0 aliphatic carbocycles. The second kappa shape index (κ2) is 6.40. The van der Waals surface area contributed by atoms with Crippen molar-refractivity contribution in [3.63, 3.8) is 0 Å². The van der Waals surface area contributed by atoms with Gasteiger partial charge in [0.15, 0.2) is 0 Å². The zero-order chi connectivity index (χ0) is 17.2. The molecular formula is C21H19N3O. The van der Waals surface area contributed by atoms with Crippen LogP contribution in [0.1, 0.15) is 30.5 Å². The molecule has 0 fully saturated rings. The van der Waals surface area contributed by atoms with Gasteiger partial charge in [0.2, 0.25) is 5.91 Å². The number of aromatic nitrogens is 1. The van der Waals surface area contributed by atoms with Gasteiger partial charge >= 0.3 is 0 Å². The van der Waals surface area contributed by atoms with Crippen molar-refractivity contribution in [3.05, 3.63) is 90.3 Å². The lowest BCUT2D eigenvalue weighted by Gasteiger charge is -2.20. The van der Waals surface area contributed by atoms with E-state index in [9.17, 15) is 4.79 Å². The number of rotatable bonds is 3. The average Bonchev–Trinajstić information content (AvgIpc) is 3.33. The Morgan fingerprint density at radius 2 is 1.64 bits per heavy atom. The smallest absolute Gasteiger partial charge is 0.240 e. The van der Waals surface area contributed by atoms with Gasteiger partial charge in [0.25, 0.3) is 0 Å². The van der Waals surface area contributed by atoms with Crippen LogP contribution in [0.4, 0.5) is 0 Å². The standard InChI is InChI=1S/C21H19N3O/c1-16(25)24-21(18-7-3-2-4-8-18)15-20(22-24)17-9-11-19(12-10-17)23-13-5-6-14-23/h2-14,21H,15H2,1H3. The van der Waals surface area contributed by atoms with Crippen molar-refractivity contribution in [1.29, 1.82) is 0 Å². The summed E-state index contributed by atoms with van der Waals surface area (Å²) in [4.78, 5) is 12.0. The molecule has 0 spiro atoms. The molecule has 4 rings (SSSR count). The van der Waals surface area contributed by atoms with E-state index < -0.39 is 0 Å². The Bertz CT molecular complexity index is 896. The summed E-state index contributed by atoms with van der Waals surface area (Å²) in [6.07, 6.45) is 4.77. The molecule has 0 saturated carbocycles. The number of hydrogen-bond donors (Lipinski definition) is 0. The zero-order valence-corrected chi connectivity index (χ0v) is 14.0. The Kier molecular flexibility index (Phi) is 3.94. The van der Waals surface area contributed by atoms with Crippen molar-refractivity contribution >= 4 is 11.6 Å². The SMILES string of the molecule is CC(=O)N1N=C(c2ccc(-n3cccc3)cc2)CC1c1ccccc1. The van der Waals surface area contributed by atoms with Crippen LogP contribution >= 0.6 is 0 Å². The summed E-state index contributed by atoms with van der Waals surface area (Å²) in [5.74, 6) is -0.0344. The molecule has 1 aromatic heterocycles. The molecule has 124 valence electrons. The summed E-state index contributed by atoms with van der Waals surface area (Å²) >= 11 is 0. The number of nitrogens with zero attached hydrogens (tertiary/aromatic N) is 3. The third-order valence-electron chi connectivity index (χ3n) is 4.52. The molecule has 0 N–H and O–H groups in total. The van der Waals surface area contributed by atoms with E-state index in [-0.39, 0.29) is 11.9 Å². The molecule has 1 aliphatic rings. The van der Waals surface area contributed by atoms with E-state index in [4.69, 9.17) is 0 Å². The van der Waals surface area contributed by atoms with E-state index in [2.05, 4.69) is 33.9 Å². The highest BCUT2D eigenvalue weighted by Crippen LogP contribution is 2.32. The van der Waals surface area contributed by atoms with Gasteiger partial charge in [0, 0.05) is 31.4 Å². The summed E-state index contributed by atoms with van der Waals surface area (Å²) in [7, 11) is 0. The Hall–Kier alpha value is -3.14. The maximum absolute atomic E-state index is 12.0. The summed E-state index contributed by atoms with van der Waals surface area (Å²) in [5.41, 5.74) is 4.22. The number of hydrazone groups is 1. The second-order valence-corrected chi connectivity index (χ2v) is 6.18. The second-order valence-electron chi connectivity index (χ2n) is 6.18. The predicted octanol–water partition coefficient (Wildman–Crippen LogP) is 4.17. The van der Waals surface area contributed by atoms with Crippen LogP contribution in [-0.2, 0) is 4.79 Å². The van der Waals surface area contributed by atoms with Crippen molar-refractivity contribution in [3.8, 4) is 5.69 Å². The van der Waals surface area contributed by atoms with Gasteiger partial charge in [-0.05, 0) is 35.4 Å². The fraction of sp³-hybridized carbons (Fsp3) is 0.143. The zero-order valence-electron chi connectivity index (χ0n) is 14.0. The minimum atomic E-state index is -0.0344. The molecule has 4 heteroatoms. The van der Waals surface area contributed by atoms with Crippen LogP contribution in [0.25, 0.3) is 5.69 Å². The monoisotopic (exact) mass is 329 g/mol. The van der Waals surface area contributed by atoms with Gasteiger partial charge in [-0.15, -0.1) is 0 Å². The molecule has 1 aliphatic heterocycles. The molecule has 0 bridgehead atoms. The van der Waals surface area contributed by atoms with Gasteiger partial charge in [-0.25, -0.2) is 5.01 Å². The average molecular weight is 329 g/mol. The number of carbonyl (C=O) groups excluding carboxylic acids is 1. The summed E-state index contributed by atoms with van der Waals surface area (Å²) in [5, 5.41) is 6.20. The maximum atomic E-state index is 12.0. The van der Waals surface area contributed by atoms with Crippen LogP contribution in [0.2, 0.25) is 0 Å². The first-order valence-electron chi connectivity index (χ1n) is 8.38. The van der Waals surface area contributed by atoms with E-state index in [0.29, 0.717) is 0 Å². The van der Waals surface area contributed by atoms with E-state index in [0.717, 1.165) is 28.9 Å². The molecule has 1 unspecified atom stereocenters. The first-order valence-corrected chi connectivity index (χ1v) is 8.38. The van der Waals surface area contributed by atoms with Gasteiger partial charge in [-0.3, -0.25) is 4.79 Å². The Morgan fingerprint density at radius 3 is 2.28 bits per heavy atom.